The molecule has 1 aromatic heterocycles. The SMILES string of the molecule is CC(=O)Nc1ccc(C(=O)C(C)Oc2c(-c3ccc(C)cc3)oc3ccccc3c2=O)cc1. The number of nitrogens with one attached hydrogen (secondary N) is 1. The van der Waals surface area contributed by atoms with Crippen molar-refractivity contribution in [1.82, 2.24) is 0 Å². The molecule has 1 amide bonds. The summed E-state index contributed by atoms with van der Waals surface area (Å²) in [7, 11) is 0. The summed E-state index contributed by atoms with van der Waals surface area (Å²) < 4.78 is 12.0. The fourth-order valence-corrected chi connectivity index (χ4v) is 3.51. The Morgan fingerprint density at radius 3 is 2.27 bits per heavy atom. The molecule has 6 heteroatoms. The molecule has 1 unspecified atom stereocenters. The van der Waals surface area contributed by atoms with Crippen molar-refractivity contribution in [2.45, 2.75) is 26.9 Å². The second kappa shape index (κ2) is 9.12. The zero-order chi connectivity index (χ0) is 23.5. The lowest BCUT2D eigenvalue weighted by Gasteiger charge is -2.16. The van der Waals surface area contributed by atoms with Crippen LogP contribution in [0.3, 0.4) is 0 Å². The Labute approximate surface area is 190 Å². The molecule has 0 bridgehead atoms. The molecule has 4 rings (SSSR count). The number of carbonyl (C=O) groups excluding carboxylic acids is 2. The monoisotopic (exact) mass is 441 g/mol. The molecule has 1 N–H and O–H groups in total. The highest BCUT2D eigenvalue weighted by molar-refractivity contribution is 6.00. The third-order valence-corrected chi connectivity index (χ3v) is 5.22. The molecule has 166 valence electrons. The summed E-state index contributed by atoms with van der Waals surface area (Å²) in [6, 6.07) is 21.0. The number of rotatable bonds is 6. The van der Waals surface area contributed by atoms with Crippen molar-refractivity contribution in [2.24, 2.45) is 0 Å². The maximum atomic E-state index is 13.3. The number of amides is 1. The predicted molar refractivity (Wildman–Crippen MR) is 128 cm³/mol. The molecule has 0 saturated heterocycles. The van der Waals surface area contributed by atoms with Gasteiger partial charge in [-0.05, 0) is 50.2 Å². The fourth-order valence-electron chi connectivity index (χ4n) is 3.51. The predicted octanol–water partition coefficient (Wildman–Crippen LogP) is 5.38. The van der Waals surface area contributed by atoms with E-state index >= 15 is 0 Å². The summed E-state index contributed by atoms with van der Waals surface area (Å²) in [5.74, 6) is -0.225. The lowest BCUT2D eigenvalue weighted by Crippen LogP contribution is -2.26. The van der Waals surface area contributed by atoms with Gasteiger partial charge in [-0.1, -0.05) is 42.0 Å². The molecule has 0 radical (unpaired) electrons. The Kier molecular flexibility index (Phi) is 6.09. The number of hydrogen-bond acceptors (Lipinski definition) is 5. The molecule has 0 aliphatic carbocycles. The van der Waals surface area contributed by atoms with Gasteiger partial charge in [-0.2, -0.15) is 0 Å². The van der Waals surface area contributed by atoms with E-state index in [0.29, 0.717) is 27.8 Å². The number of anilines is 1. The number of ether oxygens (including phenoxy) is 1. The third kappa shape index (κ3) is 4.70. The molecular weight excluding hydrogens is 418 g/mol. The molecule has 1 heterocycles. The first kappa shape index (κ1) is 22.0. The number of benzene rings is 3. The maximum absolute atomic E-state index is 13.3. The van der Waals surface area contributed by atoms with Gasteiger partial charge in [-0.15, -0.1) is 0 Å². The average molecular weight is 441 g/mol. The van der Waals surface area contributed by atoms with Gasteiger partial charge in [0, 0.05) is 23.7 Å². The highest BCUT2D eigenvalue weighted by atomic mass is 16.5. The molecule has 0 aliphatic rings. The van der Waals surface area contributed by atoms with E-state index in [-0.39, 0.29) is 28.6 Å². The normalized spacial score (nSPS) is 11.7. The van der Waals surface area contributed by atoms with E-state index in [1.165, 1.54) is 6.92 Å². The number of para-hydroxylation sites is 1. The van der Waals surface area contributed by atoms with Gasteiger partial charge in [0.25, 0.3) is 0 Å². The standard InChI is InChI=1S/C27H23NO5/c1-16-8-10-20(11-9-16)26-27(25(31)22-6-4-5-7-23(22)33-26)32-17(2)24(30)19-12-14-21(15-13-19)28-18(3)29/h4-15,17H,1-3H3,(H,28,29). The van der Waals surface area contributed by atoms with Crippen molar-refractivity contribution in [2.75, 3.05) is 5.32 Å². The highest BCUT2D eigenvalue weighted by Gasteiger charge is 2.23. The molecule has 3 aromatic carbocycles. The zero-order valence-electron chi connectivity index (χ0n) is 18.5. The van der Waals surface area contributed by atoms with Crippen LogP contribution in [0.2, 0.25) is 0 Å². The largest absolute Gasteiger partial charge is 0.475 e. The Hall–Kier alpha value is -4.19. The number of carbonyl (C=O) groups is 2. The van der Waals surface area contributed by atoms with Gasteiger partial charge in [0.05, 0.1) is 5.39 Å². The van der Waals surface area contributed by atoms with Crippen molar-refractivity contribution in [3.8, 4) is 17.1 Å². The first-order valence-corrected chi connectivity index (χ1v) is 10.5. The lowest BCUT2D eigenvalue weighted by molar-refractivity contribution is -0.114. The van der Waals surface area contributed by atoms with Crippen LogP contribution in [0.25, 0.3) is 22.3 Å². The lowest BCUT2D eigenvalue weighted by atomic mass is 10.1. The molecule has 0 spiro atoms. The van der Waals surface area contributed by atoms with E-state index in [1.54, 1.807) is 55.5 Å². The quantitative estimate of drug-likeness (QED) is 0.406. The van der Waals surface area contributed by atoms with Gasteiger partial charge in [-0.3, -0.25) is 14.4 Å². The van der Waals surface area contributed by atoms with Gasteiger partial charge in [0.2, 0.25) is 22.9 Å². The van der Waals surface area contributed by atoms with E-state index in [4.69, 9.17) is 9.15 Å². The van der Waals surface area contributed by atoms with E-state index in [9.17, 15) is 14.4 Å². The Balaban J connectivity index is 1.71. The van der Waals surface area contributed by atoms with Crippen molar-refractivity contribution in [1.29, 1.82) is 0 Å². The van der Waals surface area contributed by atoms with Crippen LogP contribution in [-0.2, 0) is 4.79 Å². The van der Waals surface area contributed by atoms with Crippen LogP contribution in [0.15, 0.2) is 82.0 Å². The van der Waals surface area contributed by atoms with Crippen LogP contribution in [0.5, 0.6) is 5.75 Å². The van der Waals surface area contributed by atoms with Gasteiger partial charge >= 0.3 is 0 Å². The first-order chi connectivity index (χ1) is 15.8. The van der Waals surface area contributed by atoms with E-state index in [0.717, 1.165) is 5.56 Å². The van der Waals surface area contributed by atoms with Gasteiger partial charge < -0.3 is 14.5 Å². The average Bonchev–Trinajstić information content (AvgIpc) is 2.81. The second-order valence-corrected chi connectivity index (χ2v) is 7.83. The van der Waals surface area contributed by atoms with Crippen LogP contribution < -0.4 is 15.5 Å². The summed E-state index contributed by atoms with van der Waals surface area (Å²) >= 11 is 0. The molecule has 0 aliphatic heterocycles. The third-order valence-electron chi connectivity index (χ3n) is 5.22. The van der Waals surface area contributed by atoms with E-state index in [1.807, 2.05) is 31.2 Å². The van der Waals surface area contributed by atoms with Crippen molar-refractivity contribution >= 4 is 28.3 Å². The smallest absolute Gasteiger partial charge is 0.235 e. The number of aryl methyl sites for hydroxylation is 1. The Morgan fingerprint density at radius 2 is 1.61 bits per heavy atom. The van der Waals surface area contributed by atoms with Gasteiger partial charge in [-0.25, -0.2) is 0 Å². The van der Waals surface area contributed by atoms with Crippen LogP contribution in [0.1, 0.15) is 29.8 Å². The van der Waals surface area contributed by atoms with E-state index in [2.05, 4.69) is 5.32 Å². The Bertz CT molecular complexity index is 1390. The topological polar surface area (TPSA) is 85.6 Å². The maximum Gasteiger partial charge on any atom is 0.235 e. The molecule has 0 fully saturated rings. The fraction of sp³-hybridized carbons (Fsp3) is 0.148. The number of Topliss-reactive ketones (excluding diaryl/α,β-unsaturated/α-hetero) is 1. The zero-order valence-corrected chi connectivity index (χ0v) is 18.5. The van der Waals surface area contributed by atoms with E-state index < -0.39 is 6.10 Å². The second-order valence-electron chi connectivity index (χ2n) is 7.83. The van der Waals surface area contributed by atoms with Crippen LogP contribution in [0.4, 0.5) is 5.69 Å². The summed E-state index contributed by atoms with van der Waals surface area (Å²) in [5, 5.41) is 3.04. The molecular formula is C27H23NO5. The summed E-state index contributed by atoms with van der Waals surface area (Å²) in [5.41, 5.74) is 2.84. The number of hydrogen-bond donors (Lipinski definition) is 1. The minimum Gasteiger partial charge on any atom is -0.475 e. The molecule has 6 nitrogen and oxygen atoms in total. The Morgan fingerprint density at radius 1 is 0.939 bits per heavy atom. The summed E-state index contributed by atoms with van der Waals surface area (Å²) in [4.78, 5) is 37.5. The van der Waals surface area contributed by atoms with Crippen molar-refractivity contribution in [3.63, 3.8) is 0 Å². The number of fused-ring (bicyclic) bond motifs is 1. The minimum absolute atomic E-state index is 0.00623. The summed E-state index contributed by atoms with van der Waals surface area (Å²) in [6.45, 7) is 4.98. The van der Waals surface area contributed by atoms with Gasteiger partial charge in [0.15, 0.2) is 11.9 Å². The molecule has 1 atom stereocenters. The minimum atomic E-state index is -0.940. The van der Waals surface area contributed by atoms with Crippen molar-refractivity contribution in [3.05, 3.63) is 94.1 Å². The summed E-state index contributed by atoms with van der Waals surface area (Å²) in [6.07, 6.45) is -0.940. The van der Waals surface area contributed by atoms with Crippen LogP contribution >= 0.6 is 0 Å². The van der Waals surface area contributed by atoms with Gasteiger partial charge in [0.1, 0.15) is 5.58 Å². The van der Waals surface area contributed by atoms with Crippen LogP contribution in [0, 0.1) is 6.92 Å². The first-order valence-electron chi connectivity index (χ1n) is 10.5. The highest BCUT2D eigenvalue weighted by Crippen LogP contribution is 2.32. The molecule has 33 heavy (non-hydrogen) atoms. The number of ketones is 1. The molecule has 0 saturated carbocycles. The van der Waals surface area contributed by atoms with Crippen molar-refractivity contribution < 1.29 is 18.7 Å². The van der Waals surface area contributed by atoms with Crippen LogP contribution in [-0.4, -0.2) is 17.8 Å². The molecule has 4 aromatic rings.